The smallest absolute Gasteiger partial charge is 0.119 e. The van der Waals surface area contributed by atoms with E-state index >= 15 is 0 Å². The second kappa shape index (κ2) is 17.4. The minimum atomic E-state index is 0.590. The minimum absolute atomic E-state index is 0.590. The lowest BCUT2D eigenvalue weighted by Gasteiger charge is -2.08. The first kappa shape index (κ1) is 23.0. The number of hydrogen-bond acceptors (Lipinski definition) is 3. The fourth-order valence-corrected chi connectivity index (χ4v) is 2.86. The Morgan fingerprint density at radius 1 is 0.577 bits per heavy atom. The monoisotopic (exact) mass is 364 g/mol. The van der Waals surface area contributed by atoms with E-state index in [0.29, 0.717) is 26.4 Å². The van der Waals surface area contributed by atoms with Gasteiger partial charge in [-0.2, -0.15) is 0 Å². The van der Waals surface area contributed by atoms with E-state index in [4.69, 9.17) is 14.2 Å². The summed E-state index contributed by atoms with van der Waals surface area (Å²) in [4.78, 5) is 0. The molecule has 0 aliphatic heterocycles. The SMILES string of the molecule is CCCCCCCCc1ccc(OCCOCCOCCCCC)cc1. The molecule has 26 heavy (non-hydrogen) atoms. The van der Waals surface area contributed by atoms with Crippen LogP contribution in [0.4, 0.5) is 0 Å². The molecule has 1 aromatic carbocycles. The van der Waals surface area contributed by atoms with Crippen LogP contribution in [0, 0.1) is 0 Å². The second-order valence-electron chi connectivity index (χ2n) is 6.94. The molecule has 0 spiro atoms. The lowest BCUT2D eigenvalue weighted by Crippen LogP contribution is -2.11. The van der Waals surface area contributed by atoms with Crippen LogP contribution in [0.3, 0.4) is 0 Å². The molecule has 0 amide bonds. The van der Waals surface area contributed by atoms with Gasteiger partial charge in [-0.3, -0.25) is 0 Å². The molecule has 3 nitrogen and oxygen atoms in total. The van der Waals surface area contributed by atoms with Crippen LogP contribution in [0.5, 0.6) is 5.75 Å². The number of benzene rings is 1. The Morgan fingerprint density at radius 2 is 1.15 bits per heavy atom. The number of ether oxygens (including phenoxy) is 3. The zero-order valence-electron chi connectivity index (χ0n) is 17.1. The predicted octanol–water partition coefficient (Wildman–Crippen LogP) is 6.19. The number of unbranched alkanes of at least 4 members (excludes halogenated alkanes) is 7. The molecule has 1 aromatic rings. The van der Waals surface area contributed by atoms with Crippen molar-refractivity contribution in [3.05, 3.63) is 29.8 Å². The molecule has 1 rings (SSSR count). The summed E-state index contributed by atoms with van der Waals surface area (Å²) >= 11 is 0. The Kier molecular flexibility index (Phi) is 15.3. The summed E-state index contributed by atoms with van der Waals surface area (Å²) < 4.78 is 16.8. The van der Waals surface area contributed by atoms with Crippen LogP contribution in [0.2, 0.25) is 0 Å². The van der Waals surface area contributed by atoms with Crippen molar-refractivity contribution in [3.63, 3.8) is 0 Å². The second-order valence-corrected chi connectivity index (χ2v) is 6.94. The Labute approximate surface area is 161 Å². The molecular weight excluding hydrogens is 324 g/mol. The third-order valence-electron chi connectivity index (χ3n) is 4.50. The molecule has 0 N–H and O–H groups in total. The van der Waals surface area contributed by atoms with Crippen molar-refractivity contribution < 1.29 is 14.2 Å². The summed E-state index contributed by atoms with van der Waals surface area (Å²) in [5.74, 6) is 0.927. The van der Waals surface area contributed by atoms with Crippen LogP contribution in [0.1, 0.15) is 77.2 Å². The largest absolute Gasteiger partial charge is 0.491 e. The normalized spacial score (nSPS) is 11.0. The molecule has 0 atom stereocenters. The highest BCUT2D eigenvalue weighted by Crippen LogP contribution is 2.15. The van der Waals surface area contributed by atoms with Crippen LogP contribution in [-0.4, -0.2) is 33.0 Å². The molecule has 3 heteroatoms. The Morgan fingerprint density at radius 3 is 1.88 bits per heavy atom. The van der Waals surface area contributed by atoms with Crippen LogP contribution < -0.4 is 4.74 Å². The van der Waals surface area contributed by atoms with E-state index in [9.17, 15) is 0 Å². The lowest BCUT2D eigenvalue weighted by atomic mass is 10.0. The Balaban J connectivity index is 1.96. The minimum Gasteiger partial charge on any atom is -0.491 e. The standard InChI is InChI=1S/C23H40O3/c1-3-5-7-8-9-10-12-22-13-15-23(16-14-22)26-21-20-25-19-18-24-17-11-6-4-2/h13-16H,3-12,17-21H2,1-2H3. The van der Waals surface area contributed by atoms with Crippen molar-refractivity contribution >= 4 is 0 Å². The molecule has 0 saturated carbocycles. The first-order valence-electron chi connectivity index (χ1n) is 10.7. The summed E-state index contributed by atoms with van der Waals surface area (Å²) in [6.07, 6.45) is 12.9. The average Bonchev–Trinajstić information content (AvgIpc) is 2.67. The maximum Gasteiger partial charge on any atom is 0.119 e. The van der Waals surface area contributed by atoms with Crippen LogP contribution >= 0.6 is 0 Å². The van der Waals surface area contributed by atoms with Gasteiger partial charge < -0.3 is 14.2 Å². The summed E-state index contributed by atoms with van der Waals surface area (Å²) in [5, 5.41) is 0. The van der Waals surface area contributed by atoms with Crippen molar-refractivity contribution in [3.8, 4) is 5.75 Å². The van der Waals surface area contributed by atoms with Crippen molar-refractivity contribution in [2.24, 2.45) is 0 Å². The molecule has 0 saturated heterocycles. The van der Waals surface area contributed by atoms with Gasteiger partial charge >= 0.3 is 0 Å². The Hall–Kier alpha value is -1.06. The van der Waals surface area contributed by atoms with Gasteiger partial charge in [-0.15, -0.1) is 0 Å². The van der Waals surface area contributed by atoms with E-state index < -0.39 is 0 Å². The van der Waals surface area contributed by atoms with E-state index in [2.05, 4.69) is 38.1 Å². The van der Waals surface area contributed by atoms with E-state index in [-0.39, 0.29) is 0 Å². The van der Waals surface area contributed by atoms with Crippen LogP contribution in [0.25, 0.3) is 0 Å². The molecule has 0 aliphatic carbocycles. The van der Waals surface area contributed by atoms with Crippen molar-refractivity contribution in [1.82, 2.24) is 0 Å². The first-order valence-corrected chi connectivity index (χ1v) is 10.7. The maximum atomic E-state index is 5.72. The molecule has 0 unspecified atom stereocenters. The fourth-order valence-electron chi connectivity index (χ4n) is 2.86. The van der Waals surface area contributed by atoms with Crippen molar-refractivity contribution in [2.75, 3.05) is 33.0 Å². The summed E-state index contributed by atoms with van der Waals surface area (Å²) in [7, 11) is 0. The zero-order valence-corrected chi connectivity index (χ0v) is 17.1. The number of hydrogen-bond donors (Lipinski definition) is 0. The topological polar surface area (TPSA) is 27.7 Å². The molecule has 0 aliphatic rings. The van der Waals surface area contributed by atoms with Gasteiger partial charge in [0.25, 0.3) is 0 Å². The number of rotatable bonds is 18. The Bertz CT molecular complexity index is 402. The summed E-state index contributed by atoms with van der Waals surface area (Å²) in [6.45, 7) is 7.83. The lowest BCUT2D eigenvalue weighted by molar-refractivity contribution is 0.0353. The van der Waals surface area contributed by atoms with Crippen LogP contribution in [0.15, 0.2) is 24.3 Å². The highest BCUT2D eigenvalue weighted by atomic mass is 16.5. The van der Waals surface area contributed by atoms with E-state index in [1.165, 1.54) is 63.4 Å². The fraction of sp³-hybridized carbons (Fsp3) is 0.739. The quantitative estimate of drug-likeness (QED) is 0.291. The first-order chi connectivity index (χ1) is 12.9. The molecule has 0 aromatic heterocycles. The molecular formula is C23H40O3. The molecule has 0 radical (unpaired) electrons. The molecule has 0 fully saturated rings. The zero-order chi connectivity index (χ0) is 18.7. The van der Waals surface area contributed by atoms with Gasteiger partial charge in [0.2, 0.25) is 0 Å². The predicted molar refractivity (Wildman–Crippen MR) is 110 cm³/mol. The molecule has 0 heterocycles. The van der Waals surface area contributed by atoms with Gasteiger partial charge in [0.05, 0.1) is 19.8 Å². The summed E-state index contributed by atoms with van der Waals surface area (Å²) in [6, 6.07) is 8.52. The van der Waals surface area contributed by atoms with Gasteiger partial charge in [0, 0.05) is 6.61 Å². The van der Waals surface area contributed by atoms with Crippen LogP contribution in [-0.2, 0) is 15.9 Å². The van der Waals surface area contributed by atoms with E-state index in [1.54, 1.807) is 0 Å². The van der Waals surface area contributed by atoms with Crippen molar-refractivity contribution in [2.45, 2.75) is 78.1 Å². The van der Waals surface area contributed by atoms with E-state index in [0.717, 1.165) is 18.8 Å². The third kappa shape index (κ3) is 13.2. The van der Waals surface area contributed by atoms with Gasteiger partial charge in [-0.1, -0.05) is 70.9 Å². The average molecular weight is 365 g/mol. The van der Waals surface area contributed by atoms with Gasteiger partial charge in [-0.25, -0.2) is 0 Å². The van der Waals surface area contributed by atoms with Gasteiger partial charge in [-0.05, 0) is 37.0 Å². The maximum absolute atomic E-state index is 5.72. The van der Waals surface area contributed by atoms with Crippen molar-refractivity contribution in [1.29, 1.82) is 0 Å². The summed E-state index contributed by atoms with van der Waals surface area (Å²) in [5.41, 5.74) is 1.41. The third-order valence-corrected chi connectivity index (χ3v) is 4.50. The highest BCUT2D eigenvalue weighted by Gasteiger charge is 1.98. The molecule has 150 valence electrons. The van der Waals surface area contributed by atoms with Gasteiger partial charge in [0.1, 0.15) is 12.4 Å². The van der Waals surface area contributed by atoms with Gasteiger partial charge in [0.15, 0.2) is 0 Å². The van der Waals surface area contributed by atoms with E-state index in [1.807, 2.05) is 0 Å². The molecule has 0 bridgehead atoms. The number of aryl methyl sites for hydroxylation is 1. The highest BCUT2D eigenvalue weighted by molar-refractivity contribution is 5.27.